The summed E-state index contributed by atoms with van der Waals surface area (Å²) in [6.07, 6.45) is 3.95. The second kappa shape index (κ2) is 4.59. The molecule has 0 heterocycles. The zero-order valence-corrected chi connectivity index (χ0v) is 6.43. The van der Waals surface area contributed by atoms with Crippen molar-refractivity contribution in [1.82, 2.24) is 0 Å². The van der Waals surface area contributed by atoms with Crippen LogP contribution in [0.4, 0.5) is 0 Å². The van der Waals surface area contributed by atoms with Gasteiger partial charge in [-0.1, -0.05) is 20.3 Å². The van der Waals surface area contributed by atoms with Crippen LogP contribution in [0.25, 0.3) is 0 Å². The first-order chi connectivity index (χ1) is 3.31. The molecule has 0 saturated heterocycles. The Morgan fingerprint density at radius 3 is 2.29 bits per heavy atom. The third-order valence-corrected chi connectivity index (χ3v) is 1.69. The molecule has 44 valence electrons. The summed E-state index contributed by atoms with van der Waals surface area (Å²) in [7, 11) is 2.75. The SMILES string of the molecule is CCC(C)CCP. The van der Waals surface area contributed by atoms with Gasteiger partial charge >= 0.3 is 0 Å². The lowest BCUT2D eigenvalue weighted by molar-refractivity contribution is 0.549. The molecule has 0 amide bonds. The van der Waals surface area contributed by atoms with Crippen LogP contribution in [0, 0.1) is 5.92 Å². The Labute approximate surface area is 48.9 Å². The molecule has 0 spiro atoms. The van der Waals surface area contributed by atoms with Gasteiger partial charge in [0.1, 0.15) is 0 Å². The van der Waals surface area contributed by atoms with E-state index in [-0.39, 0.29) is 0 Å². The van der Waals surface area contributed by atoms with Gasteiger partial charge in [-0.15, -0.1) is 9.24 Å². The van der Waals surface area contributed by atoms with Gasteiger partial charge in [-0.2, -0.15) is 0 Å². The van der Waals surface area contributed by atoms with Crippen molar-refractivity contribution < 1.29 is 0 Å². The molecule has 0 fully saturated rings. The van der Waals surface area contributed by atoms with E-state index >= 15 is 0 Å². The molecular formula is C6H15P. The normalized spacial score (nSPS) is 14.1. The Morgan fingerprint density at radius 2 is 2.14 bits per heavy atom. The molecule has 0 nitrogen and oxygen atoms in total. The Balaban J connectivity index is 2.83. The molecule has 0 aromatic carbocycles. The van der Waals surface area contributed by atoms with Crippen LogP contribution in [0.2, 0.25) is 0 Å². The van der Waals surface area contributed by atoms with Crippen LogP contribution in [0.15, 0.2) is 0 Å². The highest BCUT2D eigenvalue weighted by Gasteiger charge is 1.92. The van der Waals surface area contributed by atoms with E-state index in [0.717, 1.165) is 5.92 Å². The number of rotatable bonds is 3. The standard InChI is InChI=1S/C6H15P/c1-3-6(2)4-5-7/h6H,3-5,7H2,1-2H3. The molecule has 7 heavy (non-hydrogen) atoms. The maximum absolute atomic E-state index is 2.75. The Kier molecular flexibility index (Phi) is 4.87. The van der Waals surface area contributed by atoms with Crippen LogP contribution in [0.5, 0.6) is 0 Å². The van der Waals surface area contributed by atoms with Crippen LogP contribution in [0.3, 0.4) is 0 Å². The molecule has 0 aromatic rings. The van der Waals surface area contributed by atoms with Crippen molar-refractivity contribution in [3.8, 4) is 0 Å². The van der Waals surface area contributed by atoms with Crippen LogP contribution in [0.1, 0.15) is 26.7 Å². The van der Waals surface area contributed by atoms with Gasteiger partial charge in [-0.25, -0.2) is 0 Å². The summed E-state index contributed by atoms with van der Waals surface area (Å²) >= 11 is 0. The lowest BCUT2D eigenvalue weighted by Crippen LogP contribution is -1.90. The molecule has 0 saturated carbocycles. The number of hydrogen-bond donors (Lipinski definition) is 0. The van der Waals surface area contributed by atoms with Crippen LogP contribution in [-0.2, 0) is 0 Å². The van der Waals surface area contributed by atoms with Crippen LogP contribution in [-0.4, -0.2) is 6.16 Å². The minimum Gasteiger partial charge on any atom is -0.138 e. The van der Waals surface area contributed by atoms with Gasteiger partial charge in [0.2, 0.25) is 0 Å². The fourth-order valence-corrected chi connectivity index (χ4v) is 1.06. The van der Waals surface area contributed by atoms with E-state index < -0.39 is 0 Å². The predicted molar refractivity (Wildman–Crippen MR) is 38.6 cm³/mol. The van der Waals surface area contributed by atoms with E-state index in [1.54, 1.807) is 0 Å². The lowest BCUT2D eigenvalue weighted by Gasteiger charge is -2.02. The first kappa shape index (κ1) is 7.43. The largest absolute Gasteiger partial charge is 0.138 e. The molecule has 2 unspecified atom stereocenters. The second-order valence-corrected chi connectivity index (χ2v) is 2.67. The van der Waals surface area contributed by atoms with E-state index in [4.69, 9.17) is 0 Å². The fraction of sp³-hybridized carbons (Fsp3) is 1.00. The van der Waals surface area contributed by atoms with Crippen molar-refractivity contribution in [2.45, 2.75) is 26.7 Å². The van der Waals surface area contributed by atoms with Gasteiger partial charge in [0.15, 0.2) is 0 Å². The van der Waals surface area contributed by atoms with E-state index in [2.05, 4.69) is 23.1 Å². The third-order valence-electron chi connectivity index (χ3n) is 1.36. The molecule has 0 rings (SSSR count). The minimum absolute atomic E-state index is 0.928. The van der Waals surface area contributed by atoms with Crippen molar-refractivity contribution >= 4 is 9.24 Å². The van der Waals surface area contributed by atoms with Gasteiger partial charge in [0.25, 0.3) is 0 Å². The molecule has 0 aliphatic carbocycles. The van der Waals surface area contributed by atoms with Gasteiger partial charge < -0.3 is 0 Å². The lowest BCUT2D eigenvalue weighted by atomic mass is 10.1. The van der Waals surface area contributed by atoms with Crippen LogP contribution < -0.4 is 0 Å². The average molecular weight is 118 g/mol. The summed E-state index contributed by atoms with van der Waals surface area (Å²) in [6.45, 7) is 4.54. The Morgan fingerprint density at radius 1 is 1.57 bits per heavy atom. The van der Waals surface area contributed by atoms with Gasteiger partial charge in [-0.05, 0) is 18.5 Å². The molecule has 1 heteroatoms. The van der Waals surface area contributed by atoms with E-state index in [1.807, 2.05) is 0 Å². The average Bonchev–Trinajstić information content (AvgIpc) is 1.68. The van der Waals surface area contributed by atoms with Crippen molar-refractivity contribution in [2.24, 2.45) is 5.92 Å². The maximum Gasteiger partial charge on any atom is -0.0379 e. The van der Waals surface area contributed by atoms with Crippen molar-refractivity contribution in [3.63, 3.8) is 0 Å². The van der Waals surface area contributed by atoms with E-state index in [0.29, 0.717) is 0 Å². The molecule has 0 aliphatic rings. The van der Waals surface area contributed by atoms with Crippen molar-refractivity contribution in [2.75, 3.05) is 6.16 Å². The molecular weight excluding hydrogens is 103 g/mol. The second-order valence-electron chi connectivity index (χ2n) is 2.09. The van der Waals surface area contributed by atoms with Gasteiger partial charge in [-0.3, -0.25) is 0 Å². The highest BCUT2D eigenvalue weighted by molar-refractivity contribution is 7.16. The number of hydrogen-bond acceptors (Lipinski definition) is 0. The molecule has 2 atom stereocenters. The predicted octanol–water partition coefficient (Wildman–Crippen LogP) is 2.30. The highest BCUT2D eigenvalue weighted by atomic mass is 31.0. The van der Waals surface area contributed by atoms with Crippen molar-refractivity contribution in [1.29, 1.82) is 0 Å². The summed E-state index contributed by atoms with van der Waals surface area (Å²) in [6, 6.07) is 0. The molecule has 0 aromatic heterocycles. The first-order valence-corrected chi connectivity index (χ1v) is 3.83. The maximum atomic E-state index is 2.75. The van der Waals surface area contributed by atoms with Crippen LogP contribution >= 0.6 is 9.24 Å². The fourth-order valence-electron chi connectivity index (χ4n) is 0.489. The third kappa shape index (κ3) is 4.28. The minimum atomic E-state index is 0.928. The smallest absolute Gasteiger partial charge is 0.0379 e. The summed E-state index contributed by atoms with van der Waals surface area (Å²) < 4.78 is 0. The van der Waals surface area contributed by atoms with E-state index in [1.165, 1.54) is 19.0 Å². The highest BCUT2D eigenvalue weighted by Crippen LogP contribution is 2.06. The zero-order chi connectivity index (χ0) is 5.70. The summed E-state index contributed by atoms with van der Waals surface area (Å²) in [5.74, 6) is 0.928. The topological polar surface area (TPSA) is 0 Å². The summed E-state index contributed by atoms with van der Waals surface area (Å²) in [5.41, 5.74) is 0. The van der Waals surface area contributed by atoms with Gasteiger partial charge in [0, 0.05) is 0 Å². The van der Waals surface area contributed by atoms with Crippen molar-refractivity contribution in [3.05, 3.63) is 0 Å². The summed E-state index contributed by atoms with van der Waals surface area (Å²) in [4.78, 5) is 0. The molecule has 0 radical (unpaired) electrons. The molecule has 0 N–H and O–H groups in total. The first-order valence-electron chi connectivity index (χ1n) is 3.01. The summed E-state index contributed by atoms with van der Waals surface area (Å²) in [5, 5.41) is 0. The van der Waals surface area contributed by atoms with E-state index in [9.17, 15) is 0 Å². The quantitative estimate of drug-likeness (QED) is 0.499. The monoisotopic (exact) mass is 118 g/mol. The Hall–Kier alpha value is 0.430. The molecule has 0 bridgehead atoms. The molecule has 0 aliphatic heterocycles. The zero-order valence-electron chi connectivity index (χ0n) is 5.28. The van der Waals surface area contributed by atoms with Gasteiger partial charge in [0.05, 0.1) is 0 Å². The Bertz CT molecular complexity index is 35.2.